The molecule has 0 bridgehead atoms. The molecular weight excluding hydrogens is 262 g/mol. The highest BCUT2D eigenvalue weighted by Crippen LogP contribution is 2.12. The minimum absolute atomic E-state index is 0.515. The molecule has 0 aliphatic carbocycles. The van der Waals surface area contributed by atoms with Gasteiger partial charge in [-0.2, -0.15) is 0 Å². The van der Waals surface area contributed by atoms with Crippen molar-refractivity contribution in [1.29, 1.82) is 0 Å². The van der Waals surface area contributed by atoms with Crippen LogP contribution in [0.2, 0.25) is 0 Å². The molecule has 82 valence electrons. The van der Waals surface area contributed by atoms with E-state index in [-0.39, 0.29) is 0 Å². The molecule has 15 heavy (non-hydrogen) atoms. The number of benzene rings is 1. The number of hydrogen-bond donors (Lipinski definition) is 0. The summed E-state index contributed by atoms with van der Waals surface area (Å²) in [6.07, 6.45) is 3.60. The van der Waals surface area contributed by atoms with E-state index in [0.29, 0.717) is 12.0 Å². The molecule has 0 unspecified atom stereocenters. The molecule has 1 rings (SSSR count). The van der Waals surface area contributed by atoms with Gasteiger partial charge < -0.3 is 0 Å². The average molecular weight is 275 g/mol. The SMILES string of the molecule is C/C(=C/CCBr)Cc1cc(F)cc(F)c1. The molecule has 1 aromatic carbocycles. The molecule has 0 amide bonds. The summed E-state index contributed by atoms with van der Waals surface area (Å²) in [5.41, 5.74) is 1.80. The Hall–Kier alpha value is -0.700. The third-order valence-corrected chi connectivity index (χ3v) is 2.47. The summed E-state index contributed by atoms with van der Waals surface area (Å²) >= 11 is 3.32. The van der Waals surface area contributed by atoms with Crippen molar-refractivity contribution in [2.45, 2.75) is 19.8 Å². The molecule has 0 radical (unpaired) electrons. The number of halogens is 3. The molecule has 0 fully saturated rings. The Kier molecular flexibility index (Phi) is 4.95. The molecule has 0 aliphatic rings. The number of allylic oxidation sites excluding steroid dienone is 2. The van der Waals surface area contributed by atoms with Crippen molar-refractivity contribution in [2.24, 2.45) is 0 Å². The largest absolute Gasteiger partial charge is 0.207 e. The lowest BCUT2D eigenvalue weighted by molar-refractivity contribution is 0.580. The Labute approximate surface area is 97.1 Å². The zero-order valence-corrected chi connectivity index (χ0v) is 10.2. The molecule has 0 nitrogen and oxygen atoms in total. The molecule has 0 saturated carbocycles. The van der Waals surface area contributed by atoms with Gasteiger partial charge in [0, 0.05) is 11.4 Å². The molecule has 0 atom stereocenters. The average Bonchev–Trinajstić information content (AvgIpc) is 2.13. The summed E-state index contributed by atoms with van der Waals surface area (Å²) in [5, 5.41) is 0.905. The fourth-order valence-electron chi connectivity index (χ4n) is 1.41. The van der Waals surface area contributed by atoms with Crippen LogP contribution >= 0.6 is 15.9 Å². The van der Waals surface area contributed by atoms with Gasteiger partial charge in [0.2, 0.25) is 0 Å². The Morgan fingerprint density at radius 3 is 2.40 bits per heavy atom. The molecule has 3 heteroatoms. The topological polar surface area (TPSA) is 0 Å². The summed E-state index contributed by atoms with van der Waals surface area (Å²) in [5.74, 6) is -1.03. The van der Waals surface area contributed by atoms with Crippen molar-refractivity contribution in [3.63, 3.8) is 0 Å². The van der Waals surface area contributed by atoms with Crippen molar-refractivity contribution in [3.8, 4) is 0 Å². The monoisotopic (exact) mass is 274 g/mol. The molecule has 0 saturated heterocycles. The molecule has 0 spiro atoms. The second-order valence-corrected chi connectivity index (χ2v) is 4.28. The lowest BCUT2D eigenvalue weighted by Gasteiger charge is -2.02. The van der Waals surface area contributed by atoms with Crippen molar-refractivity contribution in [2.75, 3.05) is 5.33 Å². The van der Waals surface area contributed by atoms with E-state index in [4.69, 9.17) is 0 Å². The molecule has 0 heterocycles. The quantitative estimate of drug-likeness (QED) is 0.569. The van der Waals surface area contributed by atoms with E-state index in [9.17, 15) is 8.78 Å². The standard InChI is InChI=1S/C12H13BrF2/c1-9(3-2-4-13)5-10-6-11(14)8-12(15)7-10/h3,6-8H,2,4-5H2,1H3/b9-3-. The predicted octanol–water partition coefficient (Wildman–Crippen LogP) is 4.24. The second-order valence-electron chi connectivity index (χ2n) is 3.48. The van der Waals surface area contributed by atoms with Gasteiger partial charge in [-0.15, -0.1) is 0 Å². The molecule has 0 aromatic heterocycles. The Morgan fingerprint density at radius 2 is 1.87 bits per heavy atom. The van der Waals surface area contributed by atoms with Crippen LogP contribution in [-0.4, -0.2) is 5.33 Å². The first-order chi connectivity index (χ1) is 7.11. The summed E-state index contributed by atoms with van der Waals surface area (Å²) in [4.78, 5) is 0. The highest BCUT2D eigenvalue weighted by molar-refractivity contribution is 9.09. The summed E-state index contributed by atoms with van der Waals surface area (Å²) < 4.78 is 25.7. The van der Waals surface area contributed by atoms with Gasteiger partial charge in [0.15, 0.2) is 0 Å². The third-order valence-electron chi connectivity index (χ3n) is 2.01. The first kappa shape index (κ1) is 12.4. The minimum atomic E-state index is -0.515. The Balaban J connectivity index is 2.72. The van der Waals surface area contributed by atoms with Gasteiger partial charge >= 0.3 is 0 Å². The third kappa shape index (κ3) is 4.56. The highest BCUT2D eigenvalue weighted by atomic mass is 79.9. The lowest BCUT2D eigenvalue weighted by atomic mass is 10.1. The summed E-state index contributed by atoms with van der Waals surface area (Å²) in [6.45, 7) is 1.96. The maximum absolute atomic E-state index is 12.9. The smallest absolute Gasteiger partial charge is 0.126 e. The number of hydrogen-bond acceptors (Lipinski definition) is 0. The first-order valence-corrected chi connectivity index (χ1v) is 5.90. The van der Waals surface area contributed by atoms with E-state index in [2.05, 4.69) is 22.0 Å². The zero-order chi connectivity index (χ0) is 11.3. The van der Waals surface area contributed by atoms with Gasteiger partial charge in [-0.25, -0.2) is 8.78 Å². The van der Waals surface area contributed by atoms with E-state index >= 15 is 0 Å². The highest BCUT2D eigenvalue weighted by Gasteiger charge is 2.01. The van der Waals surface area contributed by atoms with Crippen LogP contribution in [0, 0.1) is 11.6 Å². The maximum Gasteiger partial charge on any atom is 0.126 e. The Morgan fingerprint density at radius 1 is 1.27 bits per heavy atom. The van der Waals surface area contributed by atoms with E-state index in [1.54, 1.807) is 0 Å². The molecular formula is C12H13BrF2. The van der Waals surface area contributed by atoms with Gasteiger partial charge in [-0.1, -0.05) is 27.6 Å². The molecule has 1 aromatic rings. The van der Waals surface area contributed by atoms with Crippen LogP contribution in [0.1, 0.15) is 18.9 Å². The van der Waals surface area contributed by atoms with Gasteiger partial charge in [0.1, 0.15) is 11.6 Å². The summed E-state index contributed by atoms with van der Waals surface area (Å²) in [6, 6.07) is 3.63. The number of rotatable bonds is 4. The van der Waals surface area contributed by atoms with Crippen LogP contribution in [0.15, 0.2) is 29.8 Å². The fourth-order valence-corrected chi connectivity index (χ4v) is 1.64. The van der Waals surface area contributed by atoms with Crippen LogP contribution < -0.4 is 0 Å². The zero-order valence-electron chi connectivity index (χ0n) is 8.56. The van der Waals surface area contributed by atoms with Crippen LogP contribution in [0.4, 0.5) is 8.78 Å². The summed E-state index contributed by atoms with van der Waals surface area (Å²) in [7, 11) is 0. The van der Waals surface area contributed by atoms with E-state index < -0.39 is 11.6 Å². The van der Waals surface area contributed by atoms with Crippen molar-refractivity contribution in [1.82, 2.24) is 0 Å². The Bertz CT molecular complexity index is 338. The second kappa shape index (κ2) is 6.01. The van der Waals surface area contributed by atoms with Gasteiger partial charge in [0.25, 0.3) is 0 Å². The first-order valence-electron chi connectivity index (χ1n) is 4.78. The lowest BCUT2D eigenvalue weighted by Crippen LogP contribution is -1.91. The van der Waals surface area contributed by atoms with Crippen LogP contribution in [0.3, 0.4) is 0 Å². The molecule has 0 N–H and O–H groups in total. The van der Waals surface area contributed by atoms with Gasteiger partial charge in [0.05, 0.1) is 0 Å². The fraction of sp³-hybridized carbons (Fsp3) is 0.333. The predicted molar refractivity (Wildman–Crippen MR) is 62.2 cm³/mol. The van der Waals surface area contributed by atoms with E-state index in [1.165, 1.54) is 12.1 Å². The number of alkyl halides is 1. The van der Waals surface area contributed by atoms with E-state index in [0.717, 1.165) is 23.4 Å². The van der Waals surface area contributed by atoms with Gasteiger partial charge in [-0.3, -0.25) is 0 Å². The van der Waals surface area contributed by atoms with Crippen LogP contribution in [-0.2, 0) is 6.42 Å². The molecule has 0 aliphatic heterocycles. The van der Waals surface area contributed by atoms with E-state index in [1.807, 2.05) is 6.92 Å². The van der Waals surface area contributed by atoms with Crippen molar-refractivity contribution < 1.29 is 8.78 Å². The van der Waals surface area contributed by atoms with Gasteiger partial charge in [-0.05, 0) is 37.5 Å². The maximum atomic E-state index is 12.9. The van der Waals surface area contributed by atoms with Crippen molar-refractivity contribution in [3.05, 3.63) is 47.0 Å². The minimum Gasteiger partial charge on any atom is -0.207 e. The van der Waals surface area contributed by atoms with Crippen LogP contribution in [0.25, 0.3) is 0 Å². The van der Waals surface area contributed by atoms with Crippen LogP contribution in [0.5, 0.6) is 0 Å². The van der Waals surface area contributed by atoms with Crippen molar-refractivity contribution >= 4 is 15.9 Å². The normalized spacial score (nSPS) is 11.9.